The van der Waals surface area contributed by atoms with Gasteiger partial charge in [0, 0.05) is 11.3 Å². The first-order valence-corrected chi connectivity index (χ1v) is 7.04. The first kappa shape index (κ1) is 12.3. The first-order chi connectivity index (χ1) is 8.38. The third-order valence-electron chi connectivity index (χ3n) is 2.51. The van der Waals surface area contributed by atoms with Crippen LogP contribution in [0.3, 0.4) is 0 Å². The molecule has 1 heterocycles. The minimum Gasteiger partial charge on any atom is -0.494 e. The fraction of sp³-hybridized carbons (Fsp3) is 0.462. The molecular weight excluding hydrogens is 234 g/mol. The number of hydrogen-bond donors (Lipinski definition) is 0. The summed E-state index contributed by atoms with van der Waals surface area (Å²) in [5.41, 5.74) is 0. The highest BCUT2D eigenvalue weighted by Gasteiger charge is 2.06. The molecule has 0 radical (unpaired) electrons. The van der Waals surface area contributed by atoms with Gasteiger partial charge in [0.2, 0.25) is 0 Å². The molecule has 1 aliphatic rings. The summed E-state index contributed by atoms with van der Waals surface area (Å²) in [6, 6.07) is 8.17. The lowest BCUT2D eigenvalue weighted by molar-refractivity contribution is 0.300. The molecule has 0 spiro atoms. The number of hydrogen-bond acceptors (Lipinski definition) is 4. The predicted octanol–water partition coefficient (Wildman–Crippen LogP) is 3.00. The maximum absolute atomic E-state index is 5.65. The van der Waals surface area contributed by atoms with Crippen molar-refractivity contribution < 1.29 is 9.47 Å². The van der Waals surface area contributed by atoms with Gasteiger partial charge in [0.05, 0.1) is 13.2 Å². The molecular formula is C13H17NO2S. The average molecular weight is 251 g/mol. The largest absolute Gasteiger partial charge is 0.494 e. The molecule has 0 aliphatic carbocycles. The van der Waals surface area contributed by atoms with Crippen molar-refractivity contribution in [1.29, 1.82) is 0 Å². The molecule has 0 saturated carbocycles. The standard InChI is InChI=1S/C13H17NO2S/c1-17-12-6-4-11(5-7-12)15-9-2-3-13-14-8-10-16-13/h4-7H,2-3,8-10H2,1H3. The molecule has 17 heavy (non-hydrogen) atoms. The number of aliphatic imine (C=N–C) groups is 1. The second kappa shape index (κ2) is 6.55. The van der Waals surface area contributed by atoms with E-state index >= 15 is 0 Å². The van der Waals surface area contributed by atoms with Crippen molar-refractivity contribution in [3.8, 4) is 5.75 Å². The molecule has 4 heteroatoms. The Balaban J connectivity index is 1.67. The fourth-order valence-corrected chi connectivity index (χ4v) is 2.02. The molecule has 0 unspecified atom stereocenters. The zero-order valence-electron chi connectivity index (χ0n) is 10.0. The lowest BCUT2D eigenvalue weighted by Gasteiger charge is -2.06. The highest BCUT2D eigenvalue weighted by molar-refractivity contribution is 7.98. The van der Waals surface area contributed by atoms with Crippen LogP contribution in [-0.2, 0) is 4.74 Å². The highest BCUT2D eigenvalue weighted by atomic mass is 32.2. The Morgan fingerprint density at radius 2 is 2.18 bits per heavy atom. The summed E-state index contributed by atoms with van der Waals surface area (Å²) in [7, 11) is 0. The van der Waals surface area contributed by atoms with Gasteiger partial charge in [0.15, 0.2) is 5.90 Å². The number of benzene rings is 1. The minimum absolute atomic E-state index is 0.709. The zero-order valence-corrected chi connectivity index (χ0v) is 10.8. The second-order valence-electron chi connectivity index (χ2n) is 3.75. The Morgan fingerprint density at radius 3 is 2.82 bits per heavy atom. The molecule has 0 N–H and O–H groups in total. The lowest BCUT2D eigenvalue weighted by atomic mass is 10.3. The molecule has 0 bridgehead atoms. The van der Waals surface area contributed by atoms with Crippen LogP contribution in [0.1, 0.15) is 12.8 Å². The van der Waals surface area contributed by atoms with Gasteiger partial charge in [-0.15, -0.1) is 11.8 Å². The van der Waals surface area contributed by atoms with E-state index in [0.29, 0.717) is 6.61 Å². The summed E-state index contributed by atoms with van der Waals surface area (Å²) in [6.07, 6.45) is 3.89. The van der Waals surface area contributed by atoms with Crippen LogP contribution >= 0.6 is 11.8 Å². The van der Waals surface area contributed by atoms with E-state index in [1.165, 1.54) is 4.90 Å². The molecule has 0 aromatic heterocycles. The topological polar surface area (TPSA) is 30.8 Å². The van der Waals surface area contributed by atoms with Gasteiger partial charge in [-0.05, 0) is 36.9 Å². The average Bonchev–Trinajstić information content (AvgIpc) is 2.88. The Hall–Kier alpha value is -1.16. The zero-order chi connectivity index (χ0) is 11.9. The van der Waals surface area contributed by atoms with Gasteiger partial charge < -0.3 is 9.47 Å². The number of rotatable bonds is 6. The molecule has 2 rings (SSSR count). The van der Waals surface area contributed by atoms with E-state index in [9.17, 15) is 0 Å². The maximum Gasteiger partial charge on any atom is 0.183 e. The quantitative estimate of drug-likeness (QED) is 0.575. The van der Waals surface area contributed by atoms with Gasteiger partial charge in [-0.3, -0.25) is 4.99 Å². The Bertz CT molecular complexity index is 376. The number of ether oxygens (including phenoxy) is 2. The minimum atomic E-state index is 0.709. The van der Waals surface area contributed by atoms with Crippen LogP contribution in [0, 0.1) is 0 Å². The van der Waals surface area contributed by atoms with Crippen molar-refractivity contribution in [2.24, 2.45) is 4.99 Å². The summed E-state index contributed by atoms with van der Waals surface area (Å²) in [6.45, 7) is 2.26. The molecule has 1 aromatic rings. The van der Waals surface area contributed by atoms with E-state index in [0.717, 1.165) is 37.6 Å². The summed E-state index contributed by atoms with van der Waals surface area (Å²) >= 11 is 1.73. The molecule has 0 amide bonds. The summed E-state index contributed by atoms with van der Waals surface area (Å²) in [5, 5.41) is 0. The van der Waals surface area contributed by atoms with Crippen LogP contribution in [0.4, 0.5) is 0 Å². The first-order valence-electron chi connectivity index (χ1n) is 5.81. The van der Waals surface area contributed by atoms with E-state index < -0.39 is 0 Å². The van der Waals surface area contributed by atoms with Crippen molar-refractivity contribution >= 4 is 17.7 Å². The Kier molecular flexibility index (Phi) is 4.74. The molecule has 0 fully saturated rings. The van der Waals surface area contributed by atoms with Crippen molar-refractivity contribution in [3.63, 3.8) is 0 Å². The molecule has 0 atom stereocenters. The van der Waals surface area contributed by atoms with Gasteiger partial charge in [-0.1, -0.05) is 0 Å². The van der Waals surface area contributed by atoms with Crippen molar-refractivity contribution in [1.82, 2.24) is 0 Å². The van der Waals surface area contributed by atoms with Crippen LogP contribution < -0.4 is 4.74 Å². The van der Waals surface area contributed by atoms with E-state index in [4.69, 9.17) is 9.47 Å². The maximum atomic E-state index is 5.65. The molecule has 92 valence electrons. The third-order valence-corrected chi connectivity index (χ3v) is 3.25. The van der Waals surface area contributed by atoms with Crippen LogP contribution in [0.5, 0.6) is 5.75 Å². The lowest BCUT2D eigenvalue weighted by Crippen LogP contribution is -2.03. The normalized spacial score (nSPS) is 14.3. The second-order valence-corrected chi connectivity index (χ2v) is 4.63. The molecule has 3 nitrogen and oxygen atoms in total. The monoisotopic (exact) mass is 251 g/mol. The summed E-state index contributed by atoms with van der Waals surface area (Å²) in [4.78, 5) is 5.49. The Labute approximate surface area is 106 Å². The fourth-order valence-electron chi connectivity index (χ4n) is 1.62. The van der Waals surface area contributed by atoms with Gasteiger partial charge in [0.1, 0.15) is 12.4 Å². The van der Waals surface area contributed by atoms with Crippen molar-refractivity contribution in [2.75, 3.05) is 26.0 Å². The summed E-state index contributed by atoms with van der Waals surface area (Å²) < 4.78 is 11.0. The SMILES string of the molecule is CSc1ccc(OCCCC2=NCCO2)cc1. The van der Waals surface area contributed by atoms with Crippen molar-refractivity contribution in [3.05, 3.63) is 24.3 Å². The third kappa shape index (κ3) is 3.97. The van der Waals surface area contributed by atoms with E-state index in [2.05, 4.69) is 23.4 Å². The predicted molar refractivity (Wildman–Crippen MR) is 71.2 cm³/mol. The van der Waals surface area contributed by atoms with Crippen LogP contribution in [0.15, 0.2) is 34.2 Å². The van der Waals surface area contributed by atoms with Gasteiger partial charge in [-0.2, -0.15) is 0 Å². The van der Waals surface area contributed by atoms with Crippen LogP contribution in [0.2, 0.25) is 0 Å². The highest BCUT2D eigenvalue weighted by Crippen LogP contribution is 2.19. The van der Waals surface area contributed by atoms with E-state index in [1.54, 1.807) is 11.8 Å². The Morgan fingerprint density at radius 1 is 1.35 bits per heavy atom. The molecule has 0 saturated heterocycles. The van der Waals surface area contributed by atoms with E-state index in [-0.39, 0.29) is 0 Å². The number of nitrogens with zero attached hydrogens (tertiary/aromatic N) is 1. The van der Waals surface area contributed by atoms with Gasteiger partial charge >= 0.3 is 0 Å². The van der Waals surface area contributed by atoms with Crippen LogP contribution in [0.25, 0.3) is 0 Å². The molecule has 1 aliphatic heterocycles. The smallest absolute Gasteiger partial charge is 0.183 e. The van der Waals surface area contributed by atoms with Gasteiger partial charge in [-0.25, -0.2) is 0 Å². The van der Waals surface area contributed by atoms with Gasteiger partial charge in [0.25, 0.3) is 0 Å². The molecule has 1 aromatic carbocycles. The van der Waals surface area contributed by atoms with Crippen molar-refractivity contribution in [2.45, 2.75) is 17.7 Å². The van der Waals surface area contributed by atoms with Crippen LogP contribution in [-0.4, -0.2) is 31.9 Å². The van der Waals surface area contributed by atoms with E-state index in [1.807, 2.05) is 12.1 Å². The summed E-state index contributed by atoms with van der Waals surface area (Å²) in [5.74, 6) is 1.81. The number of thioether (sulfide) groups is 1.